The zero-order valence-electron chi connectivity index (χ0n) is 7.77. The maximum Gasteiger partial charge on any atom is 0.0348 e. The Kier molecular flexibility index (Phi) is 3.87. The van der Waals surface area contributed by atoms with Crippen molar-refractivity contribution in [2.45, 2.75) is 32.2 Å². The molecular formula is C9H20N2. The Hall–Kier alpha value is -0.0800. The molecule has 1 N–H and O–H groups in total. The summed E-state index contributed by atoms with van der Waals surface area (Å²) < 4.78 is 0. The van der Waals surface area contributed by atoms with Gasteiger partial charge in [-0.05, 0) is 20.0 Å². The van der Waals surface area contributed by atoms with Crippen LogP contribution in [0.1, 0.15) is 26.2 Å². The minimum atomic E-state index is 0.858. The van der Waals surface area contributed by atoms with Crippen LogP contribution in [-0.2, 0) is 0 Å². The number of nitrogens with zero attached hydrogens (tertiary/aromatic N) is 1. The highest BCUT2D eigenvalue weighted by molar-refractivity contribution is 4.89. The van der Waals surface area contributed by atoms with Crippen LogP contribution in [0.15, 0.2) is 0 Å². The Balaban J connectivity index is 1.87. The molecule has 1 heterocycles. The fourth-order valence-electron chi connectivity index (χ4n) is 1.49. The third-order valence-corrected chi connectivity index (χ3v) is 2.32. The third kappa shape index (κ3) is 3.21. The molecule has 1 aliphatic heterocycles. The van der Waals surface area contributed by atoms with Crippen molar-refractivity contribution in [3.8, 4) is 0 Å². The Labute approximate surface area is 70.0 Å². The lowest BCUT2D eigenvalue weighted by atomic mass is 10.2. The first-order chi connectivity index (χ1) is 5.38. The van der Waals surface area contributed by atoms with Gasteiger partial charge in [-0.15, -0.1) is 0 Å². The first-order valence-electron chi connectivity index (χ1n) is 4.77. The minimum absolute atomic E-state index is 0.858. The van der Waals surface area contributed by atoms with Crippen LogP contribution in [0.2, 0.25) is 0 Å². The predicted octanol–water partition coefficient (Wildman–Crippen LogP) is 1.08. The molecule has 0 radical (unpaired) electrons. The van der Waals surface area contributed by atoms with Crippen molar-refractivity contribution < 1.29 is 0 Å². The molecule has 66 valence electrons. The van der Waals surface area contributed by atoms with Gasteiger partial charge in [-0.1, -0.05) is 19.8 Å². The van der Waals surface area contributed by atoms with E-state index in [9.17, 15) is 0 Å². The van der Waals surface area contributed by atoms with Crippen LogP contribution in [-0.4, -0.2) is 37.6 Å². The Morgan fingerprint density at radius 2 is 2.27 bits per heavy atom. The summed E-state index contributed by atoms with van der Waals surface area (Å²) in [5.41, 5.74) is 0. The SMILES string of the molecule is CCCCCN1CC1CNC. The molecule has 0 saturated carbocycles. The lowest BCUT2D eigenvalue weighted by molar-refractivity contribution is 0.470. The Bertz CT molecular complexity index is 104. The van der Waals surface area contributed by atoms with Crippen LogP contribution in [0.5, 0.6) is 0 Å². The zero-order chi connectivity index (χ0) is 8.10. The minimum Gasteiger partial charge on any atom is -0.318 e. The van der Waals surface area contributed by atoms with Crippen molar-refractivity contribution in [2.24, 2.45) is 0 Å². The van der Waals surface area contributed by atoms with Crippen LogP contribution in [0.3, 0.4) is 0 Å². The van der Waals surface area contributed by atoms with Gasteiger partial charge in [0.2, 0.25) is 0 Å². The summed E-state index contributed by atoms with van der Waals surface area (Å²) in [5.74, 6) is 0. The van der Waals surface area contributed by atoms with Gasteiger partial charge in [0.15, 0.2) is 0 Å². The largest absolute Gasteiger partial charge is 0.318 e. The number of unbranched alkanes of at least 4 members (excludes halogenated alkanes) is 2. The van der Waals surface area contributed by atoms with Crippen LogP contribution in [0, 0.1) is 0 Å². The molecular weight excluding hydrogens is 136 g/mol. The highest BCUT2D eigenvalue weighted by atomic mass is 15.3. The van der Waals surface area contributed by atoms with Crippen molar-refractivity contribution in [3.63, 3.8) is 0 Å². The fraction of sp³-hybridized carbons (Fsp3) is 1.00. The second-order valence-electron chi connectivity index (χ2n) is 3.41. The molecule has 2 unspecified atom stereocenters. The van der Waals surface area contributed by atoms with E-state index in [-0.39, 0.29) is 0 Å². The molecule has 1 fully saturated rings. The van der Waals surface area contributed by atoms with E-state index in [4.69, 9.17) is 0 Å². The number of rotatable bonds is 6. The standard InChI is InChI=1S/C9H20N2/c1-3-4-5-6-11-8-9(11)7-10-2/h9-10H,3-8H2,1-2H3. The van der Waals surface area contributed by atoms with Crippen LogP contribution in [0.4, 0.5) is 0 Å². The predicted molar refractivity (Wildman–Crippen MR) is 48.8 cm³/mol. The Morgan fingerprint density at radius 1 is 1.45 bits per heavy atom. The van der Waals surface area contributed by atoms with Gasteiger partial charge in [0.1, 0.15) is 0 Å². The average Bonchev–Trinajstić information content (AvgIpc) is 2.70. The fourth-order valence-corrected chi connectivity index (χ4v) is 1.49. The molecule has 0 aromatic carbocycles. The molecule has 0 amide bonds. The highest BCUT2D eigenvalue weighted by Gasteiger charge is 2.31. The van der Waals surface area contributed by atoms with E-state index in [2.05, 4.69) is 17.1 Å². The molecule has 0 aromatic rings. The van der Waals surface area contributed by atoms with Crippen molar-refractivity contribution in [3.05, 3.63) is 0 Å². The molecule has 0 aliphatic carbocycles. The van der Waals surface area contributed by atoms with Gasteiger partial charge in [0.25, 0.3) is 0 Å². The third-order valence-electron chi connectivity index (χ3n) is 2.32. The molecule has 1 saturated heterocycles. The van der Waals surface area contributed by atoms with Crippen molar-refractivity contribution in [1.29, 1.82) is 0 Å². The van der Waals surface area contributed by atoms with E-state index in [0.717, 1.165) is 6.04 Å². The summed E-state index contributed by atoms with van der Waals surface area (Å²) in [4.78, 5) is 2.55. The molecule has 1 rings (SSSR count). The highest BCUT2D eigenvalue weighted by Crippen LogP contribution is 2.16. The lowest BCUT2D eigenvalue weighted by Gasteiger charge is -2.01. The summed E-state index contributed by atoms with van der Waals surface area (Å²) in [6, 6.07) is 0.858. The summed E-state index contributed by atoms with van der Waals surface area (Å²) in [6.45, 7) is 6.07. The second-order valence-corrected chi connectivity index (χ2v) is 3.41. The topological polar surface area (TPSA) is 15.0 Å². The Morgan fingerprint density at radius 3 is 2.91 bits per heavy atom. The van der Waals surface area contributed by atoms with Gasteiger partial charge < -0.3 is 5.32 Å². The van der Waals surface area contributed by atoms with Crippen molar-refractivity contribution >= 4 is 0 Å². The molecule has 1 aliphatic rings. The van der Waals surface area contributed by atoms with E-state index >= 15 is 0 Å². The van der Waals surface area contributed by atoms with Crippen LogP contribution in [0.25, 0.3) is 0 Å². The molecule has 0 spiro atoms. The summed E-state index contributed by atoms with van der Waals surface area (Å²) in [7, 11) is 2.03. The monoisotopic (exact) mass is 156 g/mol. The van der Waals surface area contributed by atoms with E-state index in [1.807, 2.05) is 7.05 Å². The van der Waals surface area contributed by atoms with Crippen molar-refractivity contribution in [1.82, 2.24) is 10.2 Å². The van der Waals surface area contributed by atoms with Crippen molar-refractivity contribution in [2.75, 3.05) is 26.7 Å². The number of nitrogens with one attached hydrogen (secondary N) is 1. The number of hydrogen-bond donors (Lipinski definition) is 1. The summed E-state index contributed by atoms with van der Waals surface area (Å²) in [5, 5.41) is 3.21. The molecule has 2 nitrogen and oxygen atoms in total. The van der Waals surface area contributed by atoms with E-state index < -0.39 is 0 Å². The number of likely N-dealkylation sites (N-methyl/N-ethyl adjacent to an activating group) is 1. The zero-order valence-corrected chi connectivity index (χ0v) is 7.77. The quantitative estimate of drug-likeness (QED) is 0.457. The van der Waals surface area contributed by atoms with Gasteiger partial charge in [0.05, 0.1) is 0 Å². The van der Waals surface area contributed by atoms with Crippen LogP contribution < -0.4 is 5.32 Å². The van der Waals surface area contributed by atoms with Crippen LogP contribution >= 0.6 is 0 Å². The van der Waals surface area contributed by atoms with Gasteiger partial charge in [0, 0.05) is 19.1 Å². The second kappa shape index (κ2) is 4.73. The van der Waals surface area contributed by atoms with Gasteiger partial charge >= 0.3 is 0 Å². The lowest BCUT2D eigenvalue weighted by Crippen LogP contribution is -2.17. The van der Waals surface area contributed by atoms with Gasteiger partial charge in [-0.3, -0.25) is 4.90 Å². The summed E-state index contributed by atoms with van der Waals surface area (Å²) in [6.07, 6.45) is 4.12. The molecule has 0 aromatic heterocycles. The van der Waals surface area contributed by atoms with E-state index in [0.29, 0.717) is 0 Å². The average molecular weight is 156 g/mol. The first-order valence-corrected chi connectivity index (χ1v) is 4.77. The van der Waals surface area contributed by atoms with E-state index in [1.54, 1.807) is 0 Å². The number of hydrogen-bond acceptors (Lipinski definition) is 2. The molecule has 2 heteroatoms. The molecule has 11 heavy (non-hydrogen) atoms. The molecule has 0 bridgehead atoms. The van der Waals surface area contributed by atoms with Gasteiger partial charge in [-0.2, -0.15) is 0 Å². The van der Waals surface area contributed by atoms with E-state index in [1.165, 1.54) is 38.9 Å². The smallest absolute Gasteiger partial charge is 0.0348 e. The molecule has 2 atom stereocenters. The summed E-state index contributed by atoms with van der Waals surface area (Å²) >= 11 is 0. The maximum atomic E-state index is 3.21. The maximum absolute atomic E-state index is 3.21. The first kappa shape index (κ1) is 9.01. The normalized spacial score (nSPS) is 28.9. The van der Waals surface area contributed by atoms with Gasteiger partial charge in [-0.25, -0.2) is 0 Å².